The zero-order valence-corrected chi connectivity index (χ0v) is 40.3. The highest BCUT2D eigenvalue weighted by Crippen LogP contribution is 2.41. The lowest BCUT2D eigenvalue weighted by Gasteiger charge is -2.33. The summed E-state index contributed by atoms with van der Waals surface area (Å²) >= 11 is 0. The number of allylic oxidation sites excluding steroid dienone is 38. The second-order valence-electron chi connectivity index (χ2n) is 18.4. The molecule has 0 fully saturated rings. The third kappa shape index (κ3) is 21.4. The van der Waals surface area contributed by atoms with Crippen molar-refractivity contribution in [1.82, 2.24) is 0 Å². The van der Waals surface area contributed by atoms with Crippen LogP contribution in [0.5, 0.6) is 0 Å². The Kier molecular flexibility index (Phi) is 23.1. The van der Waals surface area contributed by atoms with Crippen molar-refractivity contribution < 1.29 is 0 Å². The van der Waals surface area contributed by atoms with Gasteiger partial charge < -0.3 is 0 Å². The van der Waals surface area contributed by atoms with E-state index in [-0.39, 0.29) is 10.8 Å². The Labute approximate surface area is 369 Å². The number of rotatable bonds is 18. The normalized spacial score (nSPS) is 20.4. The molecule has 0 aliphatic heterocycles. The third-order valence-corrected chi connectivity index (χ3v) is 11.2. The predicted octanol–water partition coefficient (Wildman–Crippen LogP) is 18.6. The zero-order valence-electron chi connectivity index (χ0n) is 40.3. The van der Waals surface area contributed by atoms with Crippen LogP contribution in [-0.2, 0) is 0 Å². The minimum atomic E-state index is 0.278. The predicted molar refractivity (Wildman–Crippen MR) is 273 cm³/mol. The van der Waals surface area contributed by atoms with Crippen LogP contribution in [0.25, 0.3) is 0 Å². The van der Waals surface area contributed by atoms with Gasteiger partial charge in [0.1, 0.15) is 0 Å². The fourth-order valence-electron chi connectivity index (χ4n) is 7.42. The summed E-state index contributed by atoms with van der Waals surface area (Å²) in [6, 6.07) is 0. The van der Waals surface area contributed by atoms with Crippen LogP contribution in [0.4, 0.5) is 0 Å². The van der Waals surface area contributed by atoms with E-state index in [1.807, 2.05) is 0 Å². The van der Waals surface area contributed by atoms with Crippen molar-refractivity contribution in [3.8, 4) is 0 Å². The topological polar surface area (TPSA) is 0 Å². The Morgan fingerprint density at radius 2 is 0.550 bits per heavy atom. The monoisotopic (exact) mass is 801 g/mol. The lowest BCUT2D eigenvalue weighted by atomic mass is 9.72. The second kappa shape index (κ2) is 27.0. The molecule has 60 heavy (non-hydrogen) atoms. The van der Waals surface area contributed by atoms with E-state index in [1.165, 1.54) is 94.3 Å². The Balaban J connectivity index is 1.81. The highest BCUT2D eigenvalue weighted by molar-refractivity contribution is 5.40. The van der Waals surface area contributed by atoms with E-state index in [0.717, 1.165) is 0 Å². The fourth-order valence-corrected chi connectivity index (χ4v) is 7.42. The first-order chi connectivity index (χ1) is 28.4. The van der Waals surface area contributed by atoms with Gasteiger partial charge in [0.2, 0.25) is 0 Å². The molecule has 0 radical (unpaired) electrons. The van der Waals surface area contributed by atoms with Gasteiger partial charge in [-0.3, -0.25) is 0 Å². The Bertz CT molecular complexity index is 1900. The van der Waals surface area contributed by atoms with Crippen LogP contribution in [0.3, 0.4) is 0 Å². The van der Waals surface area contributed by atoms with Gasteiger partial charge in [0.15, 0.2) is 0 Å². The van der Waals surface area contributed by atoms with E-state index in [0.29, 0.717) is 0 Å². The van der Waals surface area contributed by atoms with E-state index >= 15 is 0 Å². The van der Waals surface area contributed by atoms with Gasteiger partial charge in [-0.2, -0.15) is 0 Å². The maximum Gasteiger partial charge on any atom is -0.0104 e. The van der Waals surface area contributed by atoms with Crippen LogP contribution in [0.15, 0.2) is 225 Å². The minimum absolute atomic E-state index is 0.278. The average molecular weight is 801 g/mol. The molecule has 2 aliphatic rings. The standard InChI is InChI=1S/C60H80/c1-47(27-17-29-49(3)31-19-33-51(5)35-21-37-53(7)41-43-57-55(9)39-23-45-59(57,11)12)25-15-16-26-48(2)28-18-30-50(4)32-20-34-52(6)36-22-38-54(8)42-44-58-56(10)40-24-46-60(58,13)14/h15-22,25-38,41-44H,23-24,39-40,45-46H2,1-14H3/b16-15+,27-17+,28-18+,31-19+,32-20+,35-21+,36-22+,43-41+,44-42+,47-25+,48-26+,49-29+,50-30+,51-33+,52-34+,53-37+,54-38+. The van der Waals surface area contributed by atoms with Crippen LogP contribution in [-0.4, -0.2) is 0 Å². The second-order valence-corrected chi connectivity index (χ2v) is 18.4. The highest BCUT2D eigenvalue weighted by atomic mass is 14.3. The van der Waals surface area contributed by atoms with Crippen molar-refractivity contribution in [2.24, 2.45) is 10.8 Å². The fraction of sp³-hybridized carbons (Fsp3) is 0.367. The molecule has 2 rings (SSSR count). The van der Waals surface area contributed by atoms with Gasteiger partial charge in [-0.15, -0.1) is 0 Å². The molecule has 0 heterocycles. The summed E-state index contributed by atoms with van der Waals surface area (Å²) in [5.74, 6) is 0. The van der Waals surface area contributed by atoms with Crippen molar-refractivity contribution in [1.29, 1.82) is 0 Å². The maximum atomic E-state index is 2.37. The molecule has 0 saturated carbocycles. The highest BCUT2D eigenvalue weighted by Gasteiger charge is 2.27. The first-order valence-electron chi connectivity index (χ1n) is 22.3. The van der Waals surface area contributed by atoms with Crippen LogP contribution in [0.2, 0.25) is 0 Å². The summed E-state index contributed by atoms with van der Waals surface area (Å²) in [5, 5.41) is 0. The molecule has 0 nitrogen and oxygen atoms in total. The van der Waals surface area contributed by atoms with Crippen molar-refractivity contribution >= 4 is 0 Å². The Hall–Kier alpha value is -4.94. The summed E-state index contributed by atoms with van der Waals surface area (Å²) in [5.41, 5.74) is 16.4. The molecule has 2 aliphatic carbocycles. The molecule has 0 saturated heterocycles. The van der Waals surface area contributed by atoms with Gasteiger partial charge in [0, 0.05) is 0 Å². The molecule has 0 bridgehead atoms. The quantitative estimate of drug-likeness (QED) is 0.121. The molecule has 0 spiro atoms. The van der Waals surface area contributed by atoms with Gasteiger partial charge in [-0.1, -0.05) is 241 Å². The van der Waals surface area contributed by atoms with Crippen LogP contribution in [0.1, 0.15) is 135 Å². The van der Waals surface area contributed by atoms with E-state index < -0.39 is 0 Å². The summed E-state index contributed by atoms with van der Waals surface area (Å²) in [7, 11) is 0. The van der Waals surface area contributed by atoms with E-state index in [9.17, 15) is 0 Å². The molecular weight excluding hydrogens is 721 g/mol. The van der Waals surface area contributed by atoms with Crippen LogP contribution >= 0.6 is 0 Å². The molecule has 0 amide bonds. The van der Waals surface area contributed by atoms with Gasteiger partial charge >= 0.3 is 0 Å². The molecule has 0 heteroatoms. The smallest absolute Gasteiger partial charge is 0.0104 e. The summed E-state index contributed by atoms with van der Waals surface area (Å²) < 4.78 is 0. The molecule has 0 N–H and O–H groups in total. The van der Waals surface area contributed by atoms with Gasteiger partial charge in [0.25, 0.3) is 0 Å². The molecule has 0 atom stereocenters. The summed E-state index contributed by atoms with van der Waals surface area (Å²) in [6.07, 6.45) is 63.9. The van der Waals surface area contributed by atoms with Gasteiger partial charge in [-0.25, -0.2) is 0 Å². The van der Waals surface area contributed by atoms with E-state index in [4.69, 9.17) is 0 Å². The molecule has 0 aromatic carbocycles. The molecule has 320 valence electrons. The van der Waals surface area contributed by atoms with E-state index in [2.05, 4.69) is 255 Å². The minimum Gasteiger partial charge on any atom is -0.0696 e. The Morgan fingerprint density at radius 1 is 0.333 bits per heavy atom. The molecular formula is C60H80. The first kappa shape index (κ1) is 51.2. The molecule has 0 aromatic heterocycles. The summed E-state index contributed by atoms with van der Waals surface area (Å²) in [6.45, 7) is 31.2. The molecule has 0 aromatic rings. The molecule has 0 unspecified atom stereocenters. The maximum absolute atomic E-state index is 2.37. The summed E-state index contributed by atoms with van der Waals surface area (Å²) in [4.78, 5) is 0. The number of hydrogen-bond acceptors (Lipinski definition) is 0. The largest absolute Gasteiger partial charge is 0.0696 e. The zero-order chi connectivity index (χ0) is 44.6. The van der Waals surface area contributed by atoms with Gasteiger partial charge in [-0.05, 0) is 130 Å². The third-order valence-electron chi connectivity index (χ3n) is 11.2. The Morgan fingerprint density at radius 3 is 0.783 bits per heavy atom. The van der Waals surface area contributed by atoms with E-state index in [1.54, 1.807) is 11.1 Å². The lowest BCUT2D eigenvalue weighted by molar-refractivity contribution is 0.376. The van der Waals surface area contributed by atoms with Gasteiger partial charge in [0.05, 0.1) is 0 Å². The first-order valence-corrected chi connectivity index (χ1v) is 22.3. The van der Waals surface area contributed by atoms with Crippen molar-refractivity contribution in [3.63, 3.8) is 0 Å². The SMILES string of the molecule is CC1=C(/C=C/C(C)=C/C=C/C(C)=C/C=C/C(C)=C/C=C/C(C)=C/C=C/C=C(C)/C=C/C=C(C)/C=C/C=C(C)/C=C/C=C(C)/C=C/C2=C(C)CCCC2(C)C)C(C)(C)CCC1. The van der Waals surface area contributed by atoms with Crippen molar-refractivity contribution in [2.45, 2.75) is 135 Å². The van der Waals surface area contributed by atoms with Crippen LogP contribution < -0.4 is 0 Å². The average Bonchev–Trinajstić information content (AvgIpc) is 3.15. The van der Waals surface area contributed by atoms with Crippen molar-refractivity contribution in [3.05, 3.63) is 225 Å². The van der Waals surface area contributed by atoms with Crippen LogP contribution in [0, 0.1) is 10.8 Å². The van der Waals surface area contributed by atoms with Crippen molar-refractivity contribution in [2.75, 3.05) is 0 Å². The lowest BCUT2D eigenvalue weighted by Crippen LogP contribution is -2.19. The number of hydrogen-bond donors (Lipinski definition) is 0.